The second-order valence-corrected chi connectivity index (χ2v) is 5.32. The smallest absolute Gasteiger partial charge is 0.407 e. The minimum atomic E-state index is -0.644. The molecule has 0 saturated carbocycles. The molecule has 0 amide bonds. The molecule has 2 aromatic rings. The summed E-state index contributed by atoms with van der Waals surface area (Å²) in [4.78, 5) is 38.1. The van der Waals surface area contributed by atoms with Crippen LogP contribution in [0.4, 0.5) is 0 Å². The first-order valence-electron chi connectivity index (χ1n) is 6.73. The number of rotatable bonds is 4. The van der Waals surface area contributed by atoms with Crippen molar-refractivity contribution in [3.05, 3.63) is 50.1 Å². The van der Waals surface area contributed by atoms with Crippen molar-refractivity contribution >= 4 is 35.0 Å². The second-order valence-electron chi connectivity index (χ2n) is 4.27. The molecule has 0 atom stereocenters. The number of methoxy groups -OCH3 is 1. The summed E-state index contributed by atoms with van der Waals surface area (Å²) in [5, 5.41) is 0. The van der Waals surface area contributed by atoms with Crippen LogP contribution in [-0.4, -0.2) is 30.6 Å². The van der Waals surface area contributed by atoms with E-state index in [-0.39, 0.29) is 16.8 Å². The van der Waals surface area contributed by atoms with E-state index in [2.05, 4.69) is 9.72 Å². The van der Waals surface area contributed by atoms with E-state index in [1.165, 1.54) is 7.11 Å². The first-order valence-corrected chi connectivity index (χ1v) is 7.55. The number of ether oxygens (including phenoxy) is 2. The van der Waals surface area contributed by atoms with Gasteiger partial charge in [-0.15, -0.1) is 11.3 Å². The SMILES string of the molecule is CCOC(=O)/C(=c1\[nH]c(=O)/c(=C/C(=O)OC)s1)[n+]1ccccc1. The number of nitrogens with zero attached hydrogens (tertiary/aromatic N) is 1. The fourth-order valence-electron chi connectivity index (χ4n) is 1.78. The van der Waals surface area contributed by atoms with Crippen LogP contribution in [0.5, 0.6) is 0 Å². The lowest BCUT2D eigenvalue weighted by Crippen LogP contribution is -2.41. The zero-order valence-electron chi connectivity index (χ0n) is 12.6. The molecule has 0 aromatic carbocycles. The van der Waals surface area contributed by atoms with Crippen molar-refractivity contribution in [2.24, 2.45) is 0 Å². The van der Waals surface area contributed by atoms with Crippen molar-refractivity contribution in [2.45, 2.75) is 6.92 Å². The molecular weight excluding hydrogens is 320 g/mol. The Morgan fingerprint density at radius 3 is 2.61 bits per heavy atom. The van der Waals surface area contributed by atoms with Crippen LogP contribution in [0.2, 0.25) is 0 Å². The molecule has 0 radical (unpaired) electrons. The third-order valence-electron chi connectivity index (χ3n) is 2.77. The van der Waals surface area contributed by atoms with Crippen LogP contribution in [0.3, 0.4) is 0 Å². The van der Waals surface area contributed by atoms with Gasteiger partial charge in [-0.05, 0) is 6.92 Å². The van der Waals surface area contributed by atoms with E-state index >= 15 is 0 Å². The van der Waals surface area contributed by atoms with Crippen LogP contribution in [-0.2, 0) is 19.1 Å². The van der Waals surface area contributed by atoms with Gasteiger partial charge < -0.3 is 14.5 Å². The number of hydrogen-bond donors (Lipinski definition) is 1. The summed E-state index contributed by atoms with van der Waals surface area (Å²) in [6.45, 7) is 1.89. The van der Waals surface area contributed by atoms with Crippen molar-refractivity contribution in [3.8, 4) is 0 Å². The van der Waals surface area contributed by atoms with E-state index in [0.717, 1.165) is 17.4 Å². The Kier molecular flexibility index (Phi) is 5.42. The van der Waals surface area contributed by atoms with Crippen molar-refractivity contribution in [1.29, 1.82) is 0 Å². The largest absolute Gasteiger partial charge is 0.466 e. The van der Waals surface area contributed by atoms with Crippen molar-refractivity contribution < 1.29 is 23.6 Å². The number of H-pyrrole nitrogens is 1. The first-order chi connectivity index (χ1) is 11.1. The Morgan fingerprint density at radius 1 is 1.30 bits per heavy atom. The molecule has 0 unspecified atom stereocenters. The monoisotopic (exact) mass is 335 g/mol. The lowest BCUT2D eigenvalue weighted by atomic mass is 10.4. The molecule has 0 bridgehead atoms. The van der Waals surface area contributed by atoms with E-state index in [9.17, 15) is 14.4 Å². The molecule has 23 heavy (non-hydrogen) atoms. The number of thiazole rings is 1. The highest BCUT2D eigenvalue weighted by Gasteiger charge is 2.24. The lowest BCUT2D eigenvalue weighted by molar-refractivity contribution is -0.579. The number of nitrogens with one attached hydrogen (secondary N) is 1. The Balaban J connectivity index is 2.72. The zero-order valence-corrected chi connectivity index (χ0v) is 13.4. The van der Waals surface area contributed by atoms with Gasteiger partial charge in [-0.1, -0.05) is 6.07 Å². The normalized spacial score (nSPS) is 12.7. The predicted molar refractivity (Wildman–Crippen MR) is 82.7 cm³/mol. The van der Waals surface area contributed by atoms with Gasteiger partial charge >= 0.3 is 17.6 Å². The van der Waals surface area contributed by atoms with Gasteiger partial charge in [-0.3, -0.25) is 4.79 Å². The topological polar surface area (TPSA) is 89.3 Å². The molecule has 0 aliphatic heterocycles. The molecule has 1 N–H and O–H groups in total. The average Bonchev–Trinajstić information content (AvgIpc) is 2.89. The summed E-state index contributed by atoms with van der Waals surface area (Å²) in [5.41, 5.74) is -0.312. The predicted octanol–water partition coefficient (Wildman–Crippen LogP) is -1.10. The van der Waals surface area contributed by atoms with E-state index in [0.29, 0.717) is 4.66 Å². The molecule has 2 rings (SSSR count). The molecular formula is C15H15N2O5S+. The Hall–Kier alpha value is -2.74. The third-order valence-corrected chi connectivity index (χ3v) is 3.79. The maximum atomic E-state index is 12.2. The van der Waals surface area contributed by atoms with Crippen LogP contribution in [0, 0.1) is 0 Å². The number of carbonyl (C=O) groups excluding carboxylic acids is 2. The van der Waals surface area contributed by atoms with E-state index < -0.39 is 17.5 Å². The number of aromatic amines is 1. The summed E-state index contributed by atoms with van der Waals surface area (Å²) in [7, 11) is 1.22. The molecule has 120 valence electrons. The second kappa shape index (κ2) is 7.50. The number of hydrogen-bond acceptors (Lipinski definition) is 6. The maximum Gasteiger partial charge on any atom is 0.407 e. The van der Waals surface area contributed by atoms with Gasteiger partial charge in [0, 0.05) is 18.2 Å². The van der Waals surface area contributed by atoms with Crippen molar-refractivity contribution in [1.82, 2.24) is 4.98 Å². The molecule has 0 saturated heterocycles. The van der Waals surface area contributed by atoms with Gasteiger partial charge in [0.1, 0.15) is 4.53 Å². The van der Waals surface area contributed by atoms with E-state index in [4.69, 9.17) is 4.74 Å². The number of esters is 2. The fraction of sp³-hybridized carbons (Fsp3) is 0.200. The molecule has 0 fully saturated rings. The highest BCUT2D eigenvalue weighted by molar-refractivity contribution is 7.07. The van der Waals surface area contributed by atoms with Crippen LogP contribution in [0.15, 0.2) is 35.4 Å². The van der Waals surface area contributed by atoms with Crippen LogP contribution in [0.25, 0.3) is 11.8 Å². The fourth-order valence-corrected chi connectivity index (χ4v) is 2.73. The van der Waals surface area contributed by atoms with Gasteiger partial charge in [0.25, 0.3) is 5.56 Å². The Labute approximate surface area is 135 Å². The van der Waals surface area contributed by atoms with E-state index in [1.54, 1.807) is 42.1 Å². The summed E-state index contributed by atoms with van der Waals surface area (Å²) in [5.74, 6) is -1.22. The molecule has 2 heterocycles. The average molecular weight is 335 g/mol. The van der Waals surface area contributed by atoms with Crippen LogP contribution in [0.1, 0.15) is 6.92 Å². The Bertz CT molecular complexity index is 883. The molecule has 2 aromatic heterocycles. The summed E-state index contributed by atoms with van der Waals surface area (Å²) < 4.78 is 11.5. The quantitative estimate of drug-likeness (QED) is 0.566. The standard InChI is InChI=1S/C15H14N2O5S/c1-3-22-15(20)12(17-7-5-4-6-8-17)14-16-13(19)10(23-14)9-11(18)21-2/h4-9H,3H2,1-2H3/p+1/b10-9-. The Morgan fingerprint density at radius 2 is 2.00 bits per heavy atom. The van der Waals surface area contributed by atoms with Gasteiger partial charge in [-0.25, -0.2) is 9.59 Å². The molecule has 0 spiro atoms. The van der Waals surface area contributed by atoms with Crippen molar-refractivity contribution in [3.63, 3.8) is 0 Å². The van der Waals surface area contributed by atoms with Crippen LogP contribution < -0.4 is 19.3 Å². The van der Waals surface area contributed by atoms with Gasteiger partial charge in [0.2, 0.25) is 0 Å². The van der Waals surface area contributed by atoms with Crippen LogP contribution >= 0.6 is 11.3 Å². The number of carbonyl (C=O) groups is 2. The van der Waals surface area contributed by atoms with Gasteiger partial charge in [0.05, 0.1) is 13.7 Å². The van der Waals surface area contributed by atoms with E-state index in [1.807, 2.05) is 0 Å². The first kappa shape index (κ1) is 16.6. The summed E-state index contributed by atoms with van der Waals surface area (Å²) >= 11 is 0.977. The number of aromatic nitrogens is 2. The molecule has 7 nitrogen and oxygen atoms in total. The zero-order chi connectivity index (χ0) is 16.8. The number of pyridine rings is 1. The maximum absolute atomic E-state index is 12.2. The molecule has 0 aliphatic carbocycles. The third kappa shape index (κ3) is 3.92. The molecule has 8 heteroatoms. The van der Waals surface area contributed by atoms with Crippen molar-refractivity contribution in [2.75, 3.05) is 13.7 Å². The summed E-state index contributed by atoms with van der Waals surface area (Å²) in [6, 6.07) is 5.28. The highest BCUT2D eigenvalue weighted by Crippen LogP contribution is 1.94. The minimum Gasteiger partial charge on any atom is -0.466 e. The lowest BCUT2D eigenvalue weighted by Gasteiger charge is -2.00. The molecule has 0 aliphatic rings. The highest BCUT2D eigenvalue weighted by atomic mass is 32.1. The van der Waals surface area contributed by atoms with Gasteiger partial charge in [0.15, 0.2) is 17.1 Å². The minimum absolute atomic E-state index is 0.144. The summed E-state index contributed by atoms with van der Waals surface area (Å²) in [6.07, 6.45) is 4.40. The van der Waals surface area contributed by atoms with Gasteiger partial charge in [-0.2, -0.15) is 4.57 Å².